The van der Waals surface area contributed by atoms with E-state index in [-0.39, 0.29) is 6.54 Å². The van der Waals surface area contributed by atoms with Gasteiger partial charge >= 0.3 is 0 Å². The highest BCUT2D eigenvalue weighted by atomic mass is 16.2. The summed E-state index contributed by atoms with van der Waals surface area (Å²) in [4.78, 5) is 36.3. The van der Waals surface area contributed by atoms with Gasteiger partial charge in [-0.15, -0.1) is 0 Å². The first kappa shape index (κ1) is 13.2. The number of rotatable bonds is 2. The SMILES string of the molecule is CC1C(=O)NC(=O)CN1C(=O)[C@H](N)c1ccccc1. The standard InChI is InChI=1S/C13H15N3O3/c1-8-12(18)15-10(17)7-16(8)13(19)11(14)9-5-3-2-4-6-9/h2-6,8,11H,7,14H2,1H3,(H,15,17,18)/t8?,11-/m1/s1. The summed E-state index contributed by atoms with van der Waals surface area (Å²) in [6.45, 7) is 1.42. The van der Waals surface area contributed by atoms with E-state index >= 15 is 0 Å². The zero-order chi connectivity index (χ0) is 14.0. The molecule has 0 aliphatic carbocycles. The Kier molecular flexibility index (Phi) is 3.62. The molecule has 1 aromatic carbocycles. The number of hydrogen-bond acceptors (Lipinski definition) is 4. The third-order valence-electron chi connectivity index (χ3n) is 3.13. The molecule has 6 nitrogen and oxygen atoms in total. The van der Waals surface area contributed by atoms with Crippen LogP contribution in [0, 0.1) is 0 Å². The Morgan fingerprint density at radius 2 is 2.00 bits per heavy atom. The van der Waals surface area contributed by atoms with E-state index < -0.39 is 29.8 Å². The van der Waals surface area contributed by atoms with Crippen molar-refractivity contribution >= 4 is 17.7 Å². The van der Waals surface area contributed by atoms with E-state index in [9.17, 15) is 14.4 Å². The molecular weight excluding hydrogens is 246 g/mol. The molecule has 1 fully saturated rings. The molecule has 1 heterocycles. The molecule has 100 valence electrons. The largest absolute Gasteiger partial charge is 0.320 e. The van der Waals surface area contributed by atoms with Gasteiger partial charge in [0.15, 0.2) is 0 Å². The lowest BCUT2D eigenvalue weighted by Gasteiger charge is -2.33. The molecule has 2 atom stereocenters. The van der Waals surface area contributed by atoms with Gasteiger partial charge in [-0.05, 0) is 12.5 Å². The molecule has 3 amide bonds. The maximum atomic E-state index is 12.3. The van der Waals surface area contributed by atoms with Crippen molar-refractivity contribution in [1.29, 1.82) is 0 Å². The summed E-state index contributed by atoms with van der Waals surface area (Å²) in [5, 5.41) is 2.18. The van der Waals surface area contributed by atoms with Gasteiger partial charge in [0.1, 0.15) is 18.6 Å². The summed E-state index contributed by atoms with van der Waals surface area (Å²) < 4.78 is 0. The molecular formula is C13H15N3O3. The fraction of sp³-hybridized carbons (Fsp3) is 0.308. The van der Waals surface area contributed by atoms with Gasteiger partial charge in [0.05, 0.1) is 0 Å². The zero-order valence-electron chi connectivity index (χ0n) is 10.5. The average Bonchev–Trinajstić information content (AvgIpc) is 2.42. The zero-order valence-corrected chi connectivity index (χ0v) is 10.5. The van der Waals surface area contributed by atoms with Crippen LogP contribution in [0.3, 0.4) is 0 Å². The Morgan fingerprint density at radius 1 is 1.37 bits per heavy atom. The Balaban J connectivity index is 2.19. The summed E-state index contributed by atoms with van der Waals surface area (Å²) in [6, 6.07) is 7.28. The van der Waals surface area contributed by atoms with E-state index in [0.717, 1.165) is 0 Å². The number of carbonyl (C=O) groups excluding carboxylic acids is 3. The molecule has 1 aliphatic rings. The first-order valence-electron chi connectivity index (χ1n) is 5.95. The van der Waals surface area contributed by atoms with Gasteiger partial charge in [-0.1, -0.05) is 30.3 Å². The van der Waals surface area contributed by atoms with Crippen molar-refractivity contribution in [3.63, 3.8) is 0 Å². The van der Waals surface area contributed by atoms with Crippen LogP contribution in [0.5, 0.6) is 0 Å². The highest BCUT2D eigenvalue weighted by Crippen LogP contribution is 2.16. The van der Waals surface area contributed by atoms with E-state index in [1.807, 2.05) is 6.07 Å². The smallest absolute Gasteiger partial charge is 0.249 e. The first-order chi connectivity index (χ1) is 9.00. The summed E-state index contributed by atoms with van der Waals surface area (Å²) in [7, 11) is 0. The van der Waals surface area contributed by atoms with Crippen LogP contribution in [-0.4, -0.2) is 35.2 Å². The fourth-order valence-electron chi connectivity index (χ4n) is 1.96. The molecule has 0 aromatic heterocycles. The number of imide groups is 1. The summed E-state index contributed by atoms with van der Waals surface area (Å²) in [5.74, 6) is -1.40. The number of nitrogens with zero attached hydrogens (tertiary/aromatic N) is 1. The fourth-order valence-corrected chi connectivity index (χ4v) is 1.96. The minimum atomic E-state index is -0.873. The van der Waals surface area contributed by atoms with Crippen LogP contribution in [0.2, 0.25) is 0 Å². The molecule has 6 heteroatoms. The molecule has 1 unspecified atom stereocenters. The van der Waals surface area contributed by atoms with Gasteiger partial charge in [-0.25, -0.2) is 0 Å². The molecule has 0 saturated carbocycles. The minimum absolute atomic E-state index is 0.147. The number of amides is 3. The normalized spacial score (nSPS) is 20.9. The van der Waals surface area contributed by atoms with E-state index in [1.54, 1.807) is 31.2 Å². The average molecular weight is 261 g/mol. The van der Waals surface area contributed by atoms with Crippen LogP contribution in [0.4, 0.5) is 0 Å². The molecule has 0 bridgehead atoms. The Morgan fingerprint density at radius 3 is 2.63 bits per heavy atom. The Bertz CT molecular complexity index is 515. The van der Waals surface area contributed by atoms with Crippen LogP contribution in [0.25, 0.3) is 0 Å². The van der Waals surface area contributed by atoms with Crippen molar-refractivity contribution < 1.29 is 14.4 Å². The van der Waals surface area contributed by atoms with Gasteiger partial charge in [0, 0.05) is 0 Å². The molecule has 3 N–H and O–H groups in total. The second-order valence-corrected chi connectivity index (χ2v) is 4.44. The van der Waals surface area contributed by atoms with Gasteiger partial charge in [-0.3, -0.25) is 19.7 Å². The predicted octanol–water partition coefficient (Wildman–Crippen LogP) is -0.440. The minimum Gasteiger partial charge on any atom is -0.320 e. The van der Waals surface area contributed by atoms with Crippen LogP contribution in [-0.2, 0) is 14.4 Å². The number of hydrogen-bond donors (Lipinski definition) is 2. The number of nitrogens with two attached hydrogens (primary N) is 1. The topological polar surface area (TPSA) is 92.5 Å². The Hall–Kier alpha value is -2.21. The van der Waals surface area contributed by atoms with Crippen molar-refractivity contribution in [3.05, 3.63) is 35.9 Å². The number of carbonyl (C=O) groups is 3. The molecule has 19 heavy (non-hydrogen) atoms. The predicted molar refractivity (Wildman–Crippen MR) is 67.7 cm³/mol. The van der Waals surface area contributed by atoms with E-state index in [1.165, 1.54) is 4.90 Å². The number of piperazine rings is 1. The molecule has 1 aliphatic heterocycles. The maximum Gasteiger partial charge on any atom is 0.249 e. The lowest BCUT2D eigenvalue weighted by atomic mass is 10.0. The van der Waals surface area contributed by atoms with Crippen LogP contribution >= 0.6 is 0 Å². The van der Waals surface area contributed by atoms with Crippen molar-refractivity contribution in [2.24, 2.45) is 5.73 Å². The monoisotopic (exact) mass is 261 g/mol. The molecule has 0 spiro atoms. The van der Waals surface area contributed by atoms with Crippen LogP contribution < -0.4 is 11.1 Å². The van der Waals surface area contributed by atoms with Gasteiger partial charge in [0.2, 0.25) is 17.7 Å². The first-order valence-corrected chi connectivity index (χ1v) is 5.95. The lowest BCUT2D eigenvalue weighted by molar-refractivity contribution is -0.150. The quantitative estimate of drug-likeness (QED) is 0.706. The van der Waals surface area contributed by atoms with Gasteiger partial charge in [0.25, 0.3) is 0 Å². The van der Waals surface area contributed by atoms with E-state index in [2.05, 4.69) is 5.32 Å². The highest BCUT2D eigenvalue weighted by molar-refractivity contribution is 6.04. The van der Waals surface area contributed by atoms with Gasteiger partial charge in [-0.2, -0.15) is 0 Å². The third-order valence-corrected chi connectivity index (χ3v) is 3.13. The third kappa shape index (κ3) is 2.63. The Labute approximate surface area is 110 Å². The van der Waals surface area contributed by atoms with Gasteiger partial charge < -0.3 is 10.6 Å². The van der Waals surface area contributed by atoms with Crippen molar-refractivity contribution in [2.75, 3.05) is 6.54 Å². The van der Waals surface area contributed by atoms with Crippen molar-refractivity contribution in [1.82, 2.24) is 10.2 Å². The summed E-state index contributed by atoms with van der Waals surface area (Å²) in [6.07, 6.45) is 0. The van der Waals surface area contributed by atoms with Crippen LogP contribution in [0.15, 0.2) is 30.3 Å². The van der Waals surface area contributed by atoms with E-state index in [4.69, 9.17) is 5.73 Å². The second kappa shape index (κ2) is 5.19. The maximum absolute atomic E-state index is 12.3. The molecule has 1 aromatic rings. The summed E-state index contributed by atoms with van der Waals surface area (Å²) in [5.41, 5.74) is 6.54. The van der Waals surface area contributed by atoms with Crippen molar-refractivity contribution in [2.45, 2.75) is 19.0 Å². The van der Waals surface area contributed by atoms with E-state index in [0.29, 0.717) is 5.56 Å². The number of nitrogens with one attached hydrogen (secondary N) is 1. The summed E-state index contributed by atoms with van der Waals surface area (Å²) >= 11 is 0. The molecule has 2 rings (SSSR count). The second-order valence-electron chi connectivity index (χ2n) is 4.44. The highest BCUT2D eigenvalue weighted by Gasteiger charge is 2.35. The van der Waals surface area contributed by atoms with Crippen molar-refractivity contribution in [3.8, 4) is 0 Å². The molecule has 0 radical (unpaired) electrons. The molecule has 1 saturated heterocycles. The number of benzene rings is 1. The van der Waals surface area contributed by atoms with Crippen LogP contribution in [0.1, 0.15) is 18.5 Å². The lowest BCUT2D eigenvalue weighted by Crippen LogP contribution is -2.60.